The number of hydrogen-bond acceptors (Lipinski definition) is 2. The SMILES string of the molecule is CCCCCCCCCC(=O)O[Si]CCC. The molecule has 0 aromatic rings. The second-order valence-electron chi connectivity index (χ2n) is 4.24. The molecule has 0 atom stereocenters. The predicted octanol–water partition coefficient (Wildman–Crippen LogP) is 4.12. The van der Waals surface area contributed by atoms with E-state index in [2.05, 4.69) is 13.8 Å². The summed E-state index contributed by atoms with van der Waals surface area (Å²) in [5.74, 6) is 0.000316. The van der Waals surface area contributed by atoms with Gasteiger partial charge in [0, 0.05) is 6.42 Å². The Morgan fingerprint density at radius 3 is 2.19 bits per heavy atom. The summed E-state index contributed by atoms with van der Waals surface area (Å²) in [5.41, 5.74) is 0. The van der Waals surface area contributed by atoms with Crippen LogP contribution in [-0.2, 0) is 9.22 Å². The molecule has 0 aliphatic carbocycles. The van der Waals surface area contributed by atoms with Crippen molar-refractivity contribution in [1.82, 2.24) is 0 Å². The van der Waals surface area contributed by atoms with Gasteiger partial charge in [0.05, 0.1) is 0 Å². The van der Waals surface area contributed by atoms with E-state index in [9.17, 15) is 4.79 Å². The van der Waals surface area contributed by atoms with Gasteiger partial charge in [0.1, 0.15) is 0 Å². The minimum atomic E-state index is 0.000316. The molecule has 16 heavy (non-hydrogen) atoms. The van der Waals surface area contributed by atoms with E-state index in [1.165, 1.54) is 38.5 Å². The Morgan fingerprint density at radius 2 is 1.56 bits per heavy atom. The van der Waals surface area contributed by atoms with Gasteiger partial charge in [-0.3, -0.25) is 4.79 Å². The molecule has 94 valence electrons. The van der Waals surface area contributed by atoms with Crippen LogP contribution < -0.4 is 0 Å². The standard InChI is InChI=1S/C13H26O2Si/c1-3-5-6-7-8-9-10-11-13(14)15-16-12-4-2/h3-12H2,1-2H3. The first-order valence-corrected chi connectivity index (χ1v) is 7.85. The lowest BCUT2D eigenvalue weighted by molar-refractivity contribution is -0.134. The number of carbonyl (C=O) groups is 1. The molecule has 0 rings (SSSR count). The number of unbranched alkanes of at least 4 members (excludes halogenated alkanes) is 6. The van der Waals surface area contributed by atoms with Crippen LogP contribution in [0.15, 0.2) is 0 Å². The fourth-order valence-corrected chi connectivity index (χ4v) is 2.08. The van der Waals surface area contributed by atoms with Crippen LogP contribution in [0.1, 0.15) is 71.6 Å². The maximum absolute atomic E-state index is 11.2. The van der Waals surface area contributed by atoms with E-state index in [0.717, 1.165) is 18.9 Å². The van der Waals surface area contributed by atoms with Crippen molar-refractivity contribution in [2.24, 2.45) is 0 Å². The van der Waals surface area contributed by atoms with Gasteiger partial charge in [-0.1, -0.05) is 58.8 Å². The summed E-state index contributed by atoms with van der Waals surface area (Å²) in [7, 11) is 0.375. The topological polar surface area (TPSA) is 26.3 Å². The quantitative estimate of drug-likeness (QED) is 0.402. The molecule has 0 saturated heterocycles. The zero-order valence-corrected chi connectivity index (χ0v) is 11.9. The van der Waals surface area contributed by atoms with Gasteiger partial charge in [0.15, 0.2) is 0 Å². The molecule has 0 unspecified atom stereocenters. The summed E-state index contributed by atoms with van der Waals surface area (Å²) in [6.45, 7) is 4.34. The maximum Gasteiger partial charge on any atom is 0.314 e. The average Bonchev–Trinajstić information content (AvgIpc) is 2.28. The van der Waals surface area contributed by atoms with E-state index < -0.39 is 0 Å². The second kappa shape index (κ2) is 12.8. The summed E-state index contributed by atoms with van der Waals surface area (Å²) in [6, 6.07) is 1.02. The molecule has 0 saturated carbocycles. The van der Waals surface area contributed by atoms with E-state index in [1.807, 2.05) is 0 Å². The van der Waals surface area contributed by atoms with Crippen LogP contribution in [0, 0.1) is 0 Å². The van der Waals surface area contributed by atoms with Crippen molar-refractivity contribution in [2.75, 3.05) is 0 Å². The Hall–Kier alpha value is -0.313. The van der Waals surface area contributed by atoms with Crippen LogP contribution in [0.2, 0.25) is 6.04 Å². The minimum absolute atomic E-state index is 0.000316. The summed E-state index contributed by atoms with van der Waals surface area (Å²) in [5, 5.41) is 0. The van der Waals surface area contributed by atoms with Gasteiger partial charge in [0.2, 0.25) is 0 Å². The van der Waals surface area contributed by atoms with Gasteiger partial charge in [-0.15, -0.1) is 0 Å². The highest BCUT2D eigenvalue weighted by molar-refractivity contribution is 6.30. The van der Waals surface area contributed by atoms with Crippen molar-refractivity contribution < 1.29 is 9.22 Å². The number of hydrogen-bond donors (Lipinski definition) is 0. The number of rotatable bonds is 11. The fraction of sp³-hybridized carbons (Fsp3) is 0.923. The van der Waals surface area contributed by atoms with Gasteiger partial charge in [0.25, 0.3) is 5.97 Å². The van der Waals surface area contributed by atoms with Crippen molar-refractivity contribution in [1.29, 1.82) is 0 Å². The zero-order valence-electron chi connectivity index (χ0n) is 10.9. The van der Waals surface area contributed by atoms with Crippen LogP contribution in [-0.4, -0.2) is 15.7 Å². The molecule has 2 radical (unpaired) electrons. The Kier molecular flexibility index (Phi) is 12.5. The first-order chi connectivity index (χ1) is 7.81. The molecule has 0 aliphatic rings. The van der Waals surface area contributed by atoms with Crippen LogP contribution in [0.4, 0.5) is 0 Å². The lowest BCUT2D eigenvalue weighted by Gasteiger charge is -2.03. The van der Waals surface area contributed by atoms with Crippen molar-refractivity contribution in [3.63, 3.8) is 0 Å². The van der Waals surface area contributed by atoms with E-state index >= 15 is 0 Å². The van der Waals surface area contributed by atoms with E-state index in [0.29, 0.717) is 16.2 Å². The normalized spacial score (nSPS) is 10.4. The Bertz CT molecular complexity index is 160. The highest BCUT2D eigenvalue weighted by Crippen LogP contribution is 2.08. The van der Waals surface area contributed by atoms with Crippen molar-refractivity contribution >= 4 is 15.7 Å². The van der Waals surface area contributed by atoms with Gasteiger partial charge < -0.3 is 4.43 Å². The molecule has 3 heteroatoms. The number of carbonyl (C=O) groups excluding carboxylic acids is 1. The van der Waals surface area contributed by atoms with Gasteiger partial charge in [-0.05, 0) is 12.5 Å². The first kappa shape index (κ1) is 15.7. The van der Waals surface area contributed by atoms with Gasteiger partial charge >= 0.3 is 9.76 Å². The third-order valence-electron chi connectivity index (χ3n) is 2.52. The predicted molar refractivity (Wildman–Crippen MR) is 69.6 cm³/mol. The molecule has 0 bridgehead atoms. The molecule has 0 heterocycles. The molecular weight excluding hydrogens is 216 g/mol. The van der Waals surface area contributed by atoms with Crippen molar-refractivity contribution in [3.8, 4) is 0 Å². The first-order valence-electron chi connectivity index (χ1n) is 6.73. The lowest BCUT2D eigenvalue weighted by Crippen LogP contribution is -2.07. The van der Waals surface area contributed by atoms with Crippen molar-refractivity contribution in [3.05, 3.63) is 0 Å². The largest absolute Gasteiger partial charge is 0.516 e. The molecule has 0 fully saturated rings. The minimum Gasteiger partial charge on any atom is -0.516 e. The molecular formula is C13H26O2Si. The van der Waals surface area contributed by atoms with E-state index in [1.54, 1.807) is 0 Å². The van der Waals surface area contributed by atoms with E-state index in [4.69, 9.17) is 4.43 Å². The maximum atomic E-state index is 11.2. The average molecular weight is 242 g/mol. The zero-order chi connectivity index (χ0) is 12.1. The molecule has 0 amide bonds. The van der Waals surface area contributed by atoms with Crippen LogP contribution >= 0.6 is 0 Å². The van der Waals surface area contributed by atoms with Gasteiger partial charge in [-0.25, -0.2) is 0 Å². The summed E-state index contributed by atoms with van der Waals surface area (Å²) >= 11 is 0. The molecule has 2 nitrogen and oxygen atoms in total. The van der Waals surface area contributed by atoms with Crippen LogP contribution in [0.3, 0.4) is 0 Å². The molecule has 0 aromatic heterocycles. The fourth-order valence-electron chi connectivity index (χ4n) is 1.51. The summed E-state index contributed by atoms with van der Waals surface area (Å²) in [6.07, 6.45) is 10.5. The monoisotopic (exact) mass is 242 g/mol. The third kappa shape index (κ3) is 11.8. The molecule has 0 spiro atoms. The van der Waals surface area contributed by atoms with Crippen LogP contribution in [0.5, 0.6) is 0 Å². The summed E-state index contributed by atoms with van der Waals surface area (Å²) < 4.78 is 5.12. The third-order valence-corrected chi connectivity index (χ3v) is 3.60. The Labute approximate surface area is 103 Å². The smallest absolute Gasteiger partial charge is 0.314 e. The Balaban J connectivity index is 3.09. The highest BCUT2D eigenvalue weighted by atomic mass is 28.2. The van der Waals surface area contributed by atoms with E-state index in [-0.39, 0.29) is 5.97 Å². The summed E-state index contributed by atoms with van der Waals surface area (Å²) in [4.78, 5) is 11.2. The highest BCUT2D eigenvalue weighted by Gasteiger charge is 2.02. The second-order valence-corrected chi connectivity index (χ2v) is 5.23. The Morgan fingerprint density at radius 1 is 0.938 bits per heavy atom. The molecule has 0 aliphatic heterocycles. The molecule has 0 N–H and O–H groups in total. The van der Waals surface area contributed by atoms with Crippen molar-refractivity contribution in [2.45, 2.75) is 77.7 Å². The molecule has 0 aromatic carbocycles. The van der Waals surface area contributed by atoms with Crippen LogP contribution in [0.25, 0.3) is 0 Å². The van der Waals surface area contributed by atoms with Gasteiger partial charge in [-0.2, -0.15) is 0 Å². The lowest BCUT2D eigenvalue weighted by atomic mass is 10.1.